The number of hydrogen-bond donors (Lipinski definition) is 1. The maximum absolute atomic E-state index is 13.3. The van der Waals surface area contributed by atoms with E-state index in [4.69, 9.17) is 0 Å². The summed E-state index contributed by atoms with van der Waals surface area (Å²) in [6.07, 6.45) is 6.77. The molecule has 2 saturated heterocycles. The van der Waals surface area contributed by atoms with Gasteiger partial charge in [0, 0.05) is 12.6 Å². The molecule has 2 aromatic rings. The van der Waals surface area contributed by atoms with Crippen LogP contribution in [-0.4, -0.2) is 46.8 Å². The predicted octanol–water partition coefficient (Wildman–Crippen LogP) is 3.79. The van der Waals surface area contributed by atoms with Crippen molar-refractivity contribution < 1.29 is 14.4 Å². The minimum atomic E-state index is -1.17. The van der Waals surface area contributed by atoms with Crippen LogP contribution in [0.15, 0.2) is 42.5 Å². The molecule has 0 bridgehead atoms. The first-order valence-electron chi connectivity index (χ1n) is 11.4. The Morgan fingerprint density at radius 1 is 1.03 bits per heavy atom. The van der Waals surface area contributed by atoms with Gasteiger partial charge in [-0.05, 0) is 60.9 Å². The summed E-state index contributed by atoms with van der Waals surface area (Å²) in [5.41, 5.74) is -0.443. The molecule has 1 aliphatic carbocycles. The van der Waals surface area contributed by atoms with Crippen molar-refractivity contribution in [1.82, 2.24) is 15.1 Å². The predicted molar refractivity (Wildman–Crippen MR) is 118 cm³/mol. The van der Waals surface area contributed by atoms with Crippen LogP contribution in [0.1, 0.15) is 51.0 Å². The van der Waals surface area contributed by atoms with Gasteiger partial charge in [-0.2, -0.15) is 0 Å². The van der Waals surface area contributed by atoms with Crippen molar-refractivity contribution in [2.75, 3.05) is 13.1 Å². The zero-order valence-corrected chi connectivity index (χ0v) is 18.0. The molecule has 6 nitrogen and oxygen atoms in total. The van der Waals surface area contributed by atoms with E-state index < -0.39 is 11.6 Å². The third kappa shape index (κ3) is 3.38. The average molecular weight is 420 g/mol. The fraction of sp³-hybridized carbons (Fsp3) is 0.480. The largest absolute Gasteiger partial charge is 0.338 e. The zero-order chi connectivity index (χ0) is 21.6. The molecule has 0 aromatic heterocycles. The van der Waals surface area contributed by atoms with Gasteiger partial charge in [-0.3, -0.25) is 14.5 Å². The van der Waals surface area contributed by atoms with Crippen LogP contribution < -0.4 is 5.32 Å². The number of imide groups is 1. The SMILES string of the molecule is C[C@]1(c2ccc3ccccc3c2)NC(=O)N(CC(=O)N2CCC[C@H]3CCCC[C@@H]32)C1=O. The molecule has 1 saturated carbocycles. The van der Waals surface area contributed by atoms with Gasteiger partial charge in [-0.1, -0.05) is 49.2 Å². The molecule has 2 aromatic carbocycles. The van der Waals surface area contributed by atoms with E-state index in [1.54, 1.807) is 6.92 Å². The van der Waals surface area contributed by atoms with E-state index in [0.29, 0.717) is 5.92 Å². The van der Waals surface area contributed by atoms with E-state index in [1.807, 2.05) is 47.4 Å². The zero-order valence-electron chi connectivity index (χ0n) is 18.0. The van der Waals surface area contributed by atoms with Crippen LogP contribution in [0.25, 0.3) is 10.8 Å². The number of carbonyl (C=O) groups excluding carboxylic acids is 3. The van der Waals surface area contributed by atoms with Gasteiger partial charge in [0.15, 0.2) is 0 Å². The maximum Gasteiger partial charge on any atom is 0.325 e. The summed E-state index contributed by atoms with van der Waals surface area (Å²) in [4.78, 5) is 42.3. The minimum absolute atomic E-state index is 0.108. The number of hydrogen-bond acceptors (Lipinski definition) is 3. The number of carbonyl (C=O) groups is 3. The molecular weight excluding hydrogens is 390 g/mol. The van der Waals surface area contributed by atoms with Crippen molar-refractivity contribution in [3.63, 3.8) is 0 Å². The van der Waals surface area contributed by atoms with Crippen molar-refractivity contribution in [3.05, 3.63) is 48.0 Å². The Morgan fingerprint density at radius 3 is 2.61 bits per heavy atom. The molecule has 31 heavy (non-hydrogen) atoms. The van der Waals surface area contributed by atoms with Crippen LogP contribution >= 0.6 is 0 Å². The van der Waals surface area contributed by atoms with E-state index in [-0.39, 0.29) is 24.4 Å². The molecule has 2 heterocycles. The Morgan fingerprint density at radius 2 is 1.77 bits per heavy atom. The fourth-order valence-electron chi connectivity index (χ4n) is 5.70. The Balaban J connectivity index is 1.36. The van der Waals surface area contributed by atoms with Gasteiger partial charge in [0.1, 0.15) is 12.1 Å². The van der Waals surface area contributed by atoms with Crippen LogP contribution in [0.3, 0.4) is 0 Å². The van der Waals surface area contributed by atoms with Gasteiger partial charge >= 0.3 is 6.03 Å². The van der Waals surface area contributed by atoms with E-state index in [2.05, 4.69) is 5.32 Å². The summed E-state index contributed by atoms with van der Waals surface area (Å²) < 4.78 is 0. The standard InChI is InChI=1S/C25H29N3O3/c1-25(20-13-12-17-7-2-3-9-19(17)15-20)23(30)28(24(31)26-25)16-22(29)27-14-6-10-18-8-4-5-11-21(18)27/h2-3,7,9,12-13,15,18,21H,4-6,8,10-11,14,16H2,1H3,(H,26,31)/t18-,21+,25-/m1/s1. The lowest BCUT2D eigenvalue weighted by molar-refractivity contribution is -0.142. The average Bonchev–Trinajstić information content (AvgIpc) is 3.02. The molecule has 5 rings (SSSR count). The van der Waals surface area contributed by atoms with E-state index in [1.165, 1.54) is 19.3 Å². The first-order chi connectivity index (χ1) is 15.0. The number of urea groups is 1. The molecule has 3 atom stereocenters. The van der Waals surface area contributed by atoms with Crippen molar-refractivity contribution in [2.45, 2.75) is 57.0 Å². The third-order valence-electron chi connectivity index (χ3n) is 7.46. The molecule has 6 heteroatoms. The Labute approximate surface area is 182 Å². The fourth-order valence-corrected chi connectivity index (χ4v) is 5.70. The normalized spacial score (nSPS) is 28.5. The van der Waals surface area contributed by atoms with Crippen molar-refractivity contribution in [2.24, 2.45) is 5.92 Å². The van der Waals surface area contributed by atoms with Crippen LogP contribution in [0.5, 0.6) is 0 Å². The number of benzene rings is 2. The number of amides is 4. The maximum atomic E-state index is 13.3. The van der Waals surface area contributed by atoms with E-state index in [0.717, 1.165) is 47.0 Å². The molecule has 3 fully saturated rings. The van der Waals surface area contributed by atoms with Crippen LogP contribution in [0.2, 0.25) is 0 Å². The third-order valence-corrected chi connectivity index (χ3v) is 7.46. The molecule has 4 amide bonds. The van der Waals surface area contributed by atoms with Crippen molar-refractivity contribution in [1.29, 1.82) is 0 Å². The van der Waals surface area contributed by atoms with Gasteiger partial charge < -0.3 is 10.2 Å². The molecule has 2 aliphatic heterocycles. The minimum Gasteiger partial charge on any atom is -0.338 e. The summed E-state index contributed by atoms with van der Waals surface area (Å²) in [5, 5.41) is 4.93. The van der Waals surface area contributed by atoms with Crippen molar-refractivity contribution >= 4 is 28.6 Å². The highest BCUT2D eigenvalue weighted by molar-refractivity contribution is 6.09. The topological polar surface area (TPSA) is 69.7 Å². The second-order valence-electron chi connectivity index (χ2n) is 9.35. The molecule has 162 valence electrons. The van der Waals surface area contributed by atoms with Crippen LogP contribution in [0, 0.1) is 5.92 Å². The Hall–Kier alpha value is -2.89. The lowest BCUT2D eigenvalue weighted by Crippen LogP contribution is -2.53. The first-order valence-corrected chi connectivity index (χ1v) is 11.4. The number of nitrogens with zero attached hydrogens (tertiary/aromatic N) is 2. The van der Waals surface area contributed by atoms with Crippen LogP contribution in [-0.2, 0) is 15.1 Å². The summed E-state index contributed by atoms with van der Waals surface area (Å²) >= 11 is 0. The number of rotatable bonds is 3. The lowest BCUT2D eigenvalue weighted by atomic mass is 9.78. The Kier molecular flexibility index (Phi) is 4.95. The van der Waals surface area contributed by atoms with E-state index in [9.17, 15) is 14.4 Å². The highest BCUT2D eigenvalue weighted by Crippen LogP contribution is 2.36. The molecular formula is C25H29N3O3. The monoisotopic (exact) mass is 419 g/mol. The Bertz CT molecular complexity index is 1050. The second-order valence-corrected chi connectivity index (χ2v) is 9.35. The van der Waals surface area contributed by atoms with Gasteiger partial charge in [0.2, 0.25) is 5.91 Å². The van der Waals surface area contributed by atoms with Crippen molar-refractivity contribution in [3.8, 4) is 0 Å². The van der Waals surface area contributed by atoms with Gasteiger partial charge in [-0.15, -0.1) is 0 Å². The molecule has 0 radical (unpaired) electrons. The quantitative estimate of drug-likeness (QED) is 0.770. The van der Waals surface area contributed by atoms with E-state index >= 15 is 0 Å². The highest BCUT2D eigenvalue weighted by Gasteiger charge is 2.50. The number of fused-ring (bicyclic) bond motifs is 2. The highest BCUT2D eigenvalue weighted by atomic mass is 16.2. The second kappa shape index (κ2) is 7.66. The summed E-state index contributed by atoms with van der Waals surface area (Å²) in [5.74, 6) is 0.0959. The molecule has 1 N–H and O–H groups in total. The molecule has 0 spiro atoms. The van der Waals surface area contributed by atoms with Gasteiger partial charge in [-0.25, -0.2) is 4.79 Å². The number of piperidine rings is 1. The lowest BCUT2D eigenvalue weighted by Gasteiger charge is -2.44. The smallest absolute Gasteiger partial charge is 0.325 e. The summed E-state index contributed by atoms with van der Waals surface area (Å²) in [6, 6.07) is 13.5. The summed E-state index contributed by atoms with van der Waals surface area (Å²) in [7, 11) is 0. The molecule has 3 aliphatic rings. The summed E-state index contributed by atoms with van der Waals surface area (Å²) in [6.45, 7) is 2.27. The number of nitrogens with one attached hydrogen (secondary N) is 1. The van der Waals surface area contributed by atoms with Crippen LogP contribution in [0.4, 0.5) is 4.79 Å². The van der Waals surface area contributed by atoms with Gasteiger partial charge in [0.05, 0.1) is 0 Å². The number of likely N-dealkylation sites (tertiary alicyclic amines) is 1. The first kappa shape index (κ1) is 20.0. The molecule has 0 unspecified atom stereocenters. The van der Waals surface area contributed by atoms with Gasteiger partial charge in [0.25, 0.3) is 5.91 Å².